The van der Waals surface area contributed by atoms with Gasteiger partial charge in [0, 0.05) is 42.8 Å². The van der Waals surface area contributed by atoms with E-state index in [1.165, 1.54) is 0 Å². The lowest BCUT2D eigenvalue weighted by Crippen LogP contribution is -1.89. The third kappa shape index (κ3) is 4.72. The van der Waals surface area contributed by atoms with Gasteiger partial charge in [0.15, 0.2) is 10.3 Å². The lowest BCUT2D eigenvalue weighted by atomic mass is 10.5. The van der Waals surface area contributed by atoms with Crippen LogP contribution in [0.1, 0.15) is 5.69 Å². The Labute approximate surface area is 121 Å². The quantitative estimate of drug-likeness (QED) is 0.465. The summed E-state index contributed by atoms with van der Waals surface area (Å²) in [6.45, 7) is 1.98. The van der Waals surface area contributed by atoms with Crippen LogP contribution < -0.4 is 0 Å². The van der Waals surface area contributed by atoms with Gasteiger partial charge in [-0.3, -0.25) is 0 Å². The van der Waals surface area contributed by atoms with Crippen LogP contribution in [-0.2, 0) is 7.05 Å². The first-order chi connectivity index (χ1) is 9.25. The maximum atomic E-state index is 4.34. The van der Waals surface area contributed by atoms with E-state index < -0.39 is 0 Å². The Bertz CT molecular complexity index is 551. The van der Waals surface area contributed by atoms with Gasteiger partial charge in [0.2, 0.25) is 0 Å². The zero-order chi connectivity index (χ0) is 13.5. The van der Waals surface area contributed by atoms with E-state index in [0.717, 1.165) is 27.5 Å². The molecule has 2 heterocycles. The molecule has 2 rings (SSSR count). The fraction of sp³-hybridized carbons (Fsp3) is 0.308. The van der Waals surface area contributed by atoms with Crippen molar-refractivity contribution in [1.82, 2.24) is 19.5 Å². The number of aromatic nitrogens is 4. The fourth-order valence-corrected chi connectivity index (χ4v) is 2.87. The van der Waals surface area contributed by atoms with Crippen LogP contribution in [0, 0.1) is 6.92 Å². The summed E-state index contributed by atoms with van der Waals surface area (Å²) in [6.07, 6.45) is 9.87. The highest BCUT2D eigenvalue weighted by Gasteiger charge is 1.97. The minimum Gasteiger partial charge on any atom is -0.329 e. The molecular formula is C13H16N4S2. The van der Waals surface area contributed by atoms with Crippen LogP contribution in [0.25, 0.3) is 0 Å². The molecule has 0 saturated carbocycles. The molecule has 0 bridgehead atoms. The van der Waals surface area contributed by atoms with Crippen LogP contribution in [0.15, 0.2) is 47.1 Å². The third-order valence-corrected chi connectivity index (χ3v) is 4.16. The van der Waals surface area contributed by atoms with E-state index >= 15 is 0 Å². The second-order valence-electron chi connectivity index (χ2n) is 3.89. The molecule has 0 unspecified atom stereocenters. The second-order valence-corrected chi connectivity index (χ2v) is 5.87. The van der Waals surface area contributed by atoms with Crippen LogP contribution in [0.2, 0.25) is 0 Å². The first-order valence-corrected chi connectivity index (χ1v) is 7.90. The Morgan fingerprint density at radius 2 is 1.95 bits per heavy atom. The number of aryl methyl sites for hydroxylation is 2. The number of hydrogen-bond acceptors (Lipinski definition) is 5. The maximum absolute atomic E-state index is 4.34. The fourth-order valence-electron chi connectivity index (χ4n) is 1.37. The van der Waals surface area contributed by atoms with E-state index in [0.29, 0.717) is 0 Å². The summed E-state index contributed by atoms with van der Waals surface area (Å²) in [5.41, 5.74) is 1.01. The second kappa shape index (κ2) is 7.35. The molecule has 0 aromatic carbocycles. The van der Waals surface area contributed by atoms with Crippen LogP contribution in [-0.4, -0.2) is 31.0 Å². The van der Waals surface area contributed by atoms with Crippen LogP contribution in [0.3, 0.4) is 0 Å². The molecule has 0 N–H and O–H groups in total. The monoisotopic (exact) mass is 292 g/mol. The van der Waals surface area contributed by atoms with Crippen molar-refractivity contribution in [3.8, 4) is 0 Å². The van der Waals surface area contributed by atoms with Crippen molar-refractivity contribution >= 4 is 23.5 Å². The molecule has 2 aromatic rings. The van der Waals surface area contributed by atoms with Crippen molar-refractivity contribution in [2.75, 3.05) is 11.5 Å². The smallest absolute Gasteiger partial charge is 0.188 e. The Kier molecular flexibility index (Phi) is 5.47. The Morgan fingerprint density at radius 3 is 2.63 bits per heavy atom. The van der Waals surface area contributed by atoms with Gasteiger partial charge >= 0.3 is 0 Å². The average Bonchev–Trinajstić information content (AvgIpc) is 2.79. The highest BCUT2D eigenvalue weighted by molar-refractivity contribution is 7.99. The van der Waals surface area contributed by atoms with Crippen molar-refractivity contribution in [2.24, 2.45) is 7.05 Å². The number of rotatable bonds is 6. The van der Waals surface area contributed by atoms with E-state index in [1.807, 2.05) is 37.0 Å². The summed E-state index contributed by atoms with van der Waals surface area (Å²) in [5, 5.41) is 1.88. The predicted molar refractivity (Wildman–Crippen MR) is 80.6 cm³/mol. The molecule has 0 saturated heterocycles. The average molecular weight is 292 g/mol. The molecule has 2 aromatic heterocycles. The summed E-state index contributed by atoms with van der Waals surface area (Å²) < 4.78 is 2.02. The topological polar surface area (TPSA) is 43.6 Å². The SMILES string of the molecule is Cc1ccnc(SC/C=C/CSc2nccn2C)n1. The first-order valence-electron chi connectivity index (χ1n) is 5.93. The molecule has 0 atom stereocenters. The highest BCUT2D eigenvalue weighted by Crippen LogP contribution is 2.15. The molecular weight excluding hydrogens is 276 g/mol. The number of nitrogens with zero attached hydrogens (tertiary/aromatic N) is 4. The molecule has 0 radical (unpaired) electrons. The molecule has 0 fully saturated rings. The van der Waals surface area contributed by atoms with Crippen LogP contribution >= 0.6 is 23.5 Å². The van der Waals surface area contributed by atoms with Crippen molar-refractivity contribution in [2.45, 2.75) is 17.2 Å². The molecule has 0 aliphatic rings. The summed E-state index contributed by atoms with van der Waals surface area (Å²) >= 11 is 3.37. The zero-order valence-corrected chi connectivity index (χ0v) is 12.6. The highest BCUT2D eigenvalue weighted by atomic mass is 32.2. The summed E-state index contributed by atoms with van der Waals surface area (Å²) in [4.78, 5) is 12.8. The maximum Gasteiger partial charge on any atom is 0.188 e. The van der Waals surface area contributed by atoms with Gasteiger partial charge < -0.3 is 4.57 Å². The number of imidazole rings is 1. The van der Waals surface area contributed by atoms with E-state index in [9.17, 15) is 0 Å². The van der Waals surface area contributed by atoms with E-state index in [1.54, 1.807) is 29.7 Å². The third-order valence-electron chi connectivity index (χ3n) is 2.33. The van der Waals surface area contributed by atoms with Crippen LogP contribution in [0.5, 0.6) is 0 Å². The van der Waals surface area contributed by atoms with Crippen LogP contribution in [0.4, 0.5) is 0 Å². The molecule has 0 spiro atoms. The van der Waals surface area contributed by atoms with Gasteiger partial charge in [-0.2, -0.15) is 0 Å². The number of hydrogen-bond donors (Lipinski definition) is 0. The van der Waals surface area contributed by atoms with E-state index in [2.05, 4.69) is 27.1 Å². The molecule has 0 amide bonds. The van der Waals surface area contributed by atoms with E-state index in [-0.39, 0.29) is 0 Å². The molecule has 4 nitrogen and oxygen atoms in total. The first kappa shape index (κ1) is 14.1. The van der Waals surface area contributed by atoms with Gasteiger partial charge in [-0.1, -0.05) is 35.7 Å². The van der Waals surface area contributed by atoms with Gasteiger partial charge in [-0.25, -0.2) is 15.0 Å². The lowest BCUT2D eigenvalue weighted by Gasteiger charge is -1.98. The molecule has 100 valence electrons. The number of thioether (sulfide) groups is 2. The standard InChI is InChI=1S/C13H16N4S2/c1-11-5-6-14-12(16-11)18-9-3-4-10-19-13-15-7-8-17(13)2/h3-8H,9-10H2,1-2H3/b4-3+. The summed E-state index contributed by atoms with van der Waals surface area (Å²) in [5.74, 6) is 1.82. The van der Waals surface area contributed by atoms with Crippen molar-refractivity contribution < 1.29 is 0 Å². The van der Waals surface area contributed by atoms with Crippen molar-refractivity contribution in [3.63, 3.8) is 0 Å². The molecule has 0 aliphatic heterocycles. The molecule has 6 heteroatoms. The van der Waals surface area contributed by atoms with Gasteiger partial charge in [0.05, 0.1) is 0 Å². The van der Waals surface area contributed by atoms with Gasteiger partial charge in [0.25, 0.3) is 0 Å². The Hall–Kier alpha value is -1.27. The van der Waals surface area contributed by atoms with Gasteiger partial charge in [-0.05, 0) is 13.0 Å². The lowest BCUT2D eigenvalue weighted by molar-refractivity contribution is 0.791. The minimum absolute atomic E-state index is 0.835. The van der Waals surface area contributed by atoms with Gasteiger partial charge in [0.1, 0.15) is 0 Å². The zero-order valence-electron chi connectivity index (χ0n) is 11.0. The normalized spacial score (nSPS) is 11.3. The summed E-state index contributed by atoms with van der Waals surface area (Å²) in [6, 6.07) is 1.91. The Morgan fingerprint density at radius 1 is 1.16 bits per heavy atom. The van der Waals surface area contributed by atoms with E-state index in [4.69, 9.17) is 0 Å². The van der Waals surface area contributed by atoms with Crippen molar-refractivity contribution in [3.05, 3.63) is 42.5 Å². The molecule has 0 aliphatic carbocycles. The predicted octanol–water partition coefficient (Wildman–Crippen LogP) is 2.96. The van der Waals surface area contributed by atoms with Gasteiger partial charge in [-0.15, -0.1) is 0 Å². The minimum atomic E-state index is 0.835. The summed E-state index contributed by atoms with van der Waals surface area (Å²) in [7, 11) is 2.00. The molecule has 19 heavy (non-hydrogen) atoms. The largest absolute Gasteiger partial charge is 0.329 e. The van der Waals surface area contributed by atoms with Crippen molar-refractivity contribution in [1.29, 1.82) is 0 Å². The Balaban J connectivity index is 1.68.